The maximum atomic E-state index is 11.7. The molecule has 0 aliphatic carbocycles. The monoisotopic (exact) mass is 421 g/mol. The van der Waals surface area contributed by atoms with E-state index in [1.165, 1.54) is 18.3 Å². The molecule has 11 heteroatoms. The van der Waals surface area contributed by atoms with Gasteiger partial charge in [0.2, 0.25) is 5.95 Å². The second-order valence-corrected chi connectivity index (χ2v) is 8.27. The number of carbonyl (C=O) groups excluding carboxylic acids is 1. The summed E-state index contributed by atoms with van der Waals surface area (Å²) < 4.78 is 32.5. The number of benzene rings is 1. The van der Waals surface area contributed by atoms with Crippen LogP contribution in [0.1, 0.15) is 23.2 Å². The molecule has 1 amide bonds. The lowest BCUT2D eigenvalue weighted by Crippen LogP contribution is -2.24. The van der Waals surface area contributed by atoms with Crippen molar-refractivity contribution in [3.63, 3.8) is 0 Å². The van der Waals surface area contributed by atoms with Crippen molar-refractivity contribution in [3.8, 4) is 5.75 Å². The van der Waals surface area contributed by atoms with Crippen molar-refractivity contribution in [2.24, 2.45) is 11.7 Å². The number of nitrogens with two attached hydrogens (primary N) is 1. The van der Waals surface area contributed by atoms with Crippen LogP contribution in [-0.4, -0.2) is 50.3 Å². The van der Waals surface area contributed by atoms with E-state index in [0.29, 0.717) is 24.0 Å². The van der Waals surface area contributed by atoms with Gasteiger partial charge in [-0.2, -0.15) is 13.4 Å². The molecular weight excluding hydrogens is 398 g/mol. The average molecular weight is 421 g/mol. The first kappa shape index (κ1) is 20.8. The van der Waals surface area contributed by atoms with Gasteiger partial charge in [-0.1, -0.05) is 0 Å². The molecule has 0 atom stereocenters. The molecule has 1 aliphatic heterocycles. The molecule has 1 saturated heterocycles. The Morgan fingerprint density at radius 1 is 1.28 bits per heavy atom. The molecule has 0 radical (unpaired) electrons. The topological polar surface area (TPSA) is 146 Å². The fourth-order valence-corrected chi connectivity index (χ4v) is 3.31. The standard InChI is InChI=1S/C18H23N5O5S/c1-29(25,26)28-14-4-2-13(3-5-14)22-18-21-11-15(16(19)24)17(23-18)20-10-12-6-8-27-9-7-12/h2-5,11-12H,6-10H2,1H3,(H2,19,24)(H2,20,21,22,23). The van der Waals surface area contributed by atoms with Crippen LogP contribution in [0, 0.1) is 5.92 Å². The predicted molar refractivity (Wildman–Crippen MR) is 108 cm³/mol. The Hall–Kier alpha value is -2.92. The average Bonchev–Trinajstić information content (AvgIpc) is 2.67. The molecule has 0 unspecified atom stereocenters. The Balaban J connectivity index is 1.71. The lowest BCUT2D eigenvalue weighted by molar-refractivity contribution is 0.0699. The van der Waals surface area contributed by atoms with Gasteiger partial charge in [-0.3, -0.25) is 4.79 Å². The number of primary amides is 1. The van der Waals surface area contributed by atoms with E-state index in [-0.39, 0.29) is 17.3 Å². The molecule has 1 aromatic heterocycles. The summed E-state index contributed by atoms with van der Waals surface area (Å²) in [5.41, 5.74) is 6.26. The van der Waals surface area contributed by atoms with Gasteiger partial charge in [-0.25, -0.2) is 4.98 Å². The predicted octanol–water partition coefficient (Wildman–Crippen LogP) is 1.50. The SMILES string of the molecule is CS(=O)(=O)Oc1ccc(Nc2ncc(C(N)=O)c(NCC3CCOCC3)n2)cc1. The molecule has 1 aromatic carbocycles. The van der Waals surface area contributed by atoms with Crippen LogP contribution in [0.4, 0.5) is 17.5 Å². The zero-order valence-electron chi connectivity index (χ0n) is 15.9. The summed E-state index contributed by atoms with van der Waals surface area (Å²) in [4.78, 5) is 20.2. The minimum Gasteiger partial charge on any atom is -0.383 e. The largest absolute Gasteiger partial charge is 0.383 e. The molecule has 0 bridgehead atoms. The number of anilines is 3. The number of hydrogen-bond donors (Lipinski definition) is 3. The zero-order chi connectivity index (χ0) is 20.9. The highest BCUT2D eigenvalue weighted by Gasteiger charge is 2.17. The number of nitrogens with zero attached hydrogens (tertiary/aromatic N) is 2. The Kier molecular flexibility index (Phi) is 6.49. The van der Waals surface area contributed by atoms with Gasteiger partial charge < -0.3 is 25.3 Å². The highest BCUT2D eigenvalue weighted by atomic mass is 32.2. The van der Waals surface area contributed by atoms with E-state index in [2.05, 4.69) is 20.6 Å². The molecule has 0 spiro atoms. The van der Waals surface area contributed by atoms with Crippen molar-refractivity contribution in [1.29, 1.82) is 0 Å². The summed E-state index contributed by atoms with van der Waals surface area (Å²) >= 11 is 0. The summed E-state index contributed by atoms with van der Waals surface area (Å²) in [6.07, 6.45) is 4.22. The van der Waals surface area contributed by atoms with Crippen LogP contribution in [-0.2, 0) is 14.9 Å². The third kappa shape index (κ3) is 6.29. The van der Waals surface area contributed by atoms with Crippen molar-refractivity contribution in [2.45, 2.75) is 12.8 Å². The van der Waals surface area contributed by atoms with Crippen molar-refractivity contribution in [1.82, 2.24) is 9.97 Å². The first-order valence-electron chi connectivity index (χ1n) is 9.05. The molecule has 3 rings (SSSR count). The Labute approximate surface area is 169 Å². The fraction of sp³-hybridized carbons (Fsp3) is 0.389. The third-order valence-electron chi connectivity index (χ3n) is 4.31. The van der Waals surface area contributed by atoms with Crippen molar-refractivity contribution < 1.29 is 22.1 Å². The van der Waals surface area contributed by atoms with Crippen LogP contribution in [0.2, 0.25) is 0 Å². The van der Waals surface area contributed by atoms with Crippen LogP contribution in [0.3, 0.4) is 0 Å². The molecule has 2 aromatic rings. The Bertz CT molecular complexity index is 959. The van der Waals surface area contributed by atoms with E-state index in [9.17, 15) is 13.2 Å². The molecule has 156 valence electrons. The minimum atomic E-state index is -3.59. The molecule has 0 saturated carbocycles. The lowest BCUT2D eigenvalue weighted by atomic mass is 10.0. The van der Waals surface area contributed by atoms with Gasteiger partial charge in [0.15, 0.2) is 0 Å². The summed E-state index contributed by atoms with van der Waals surface area (Å²) in [6.45, 7) is 2.10. The number of hydrogen-bond acceptors (Lipinski definition) is 9. The van der Waals surface area contributed by atoms with E-state index in [0.717, 1.165) is 32.3 Å². The van der Waals surface area contributed by atoms with Gasteiger partial charge in [-0.05, 0) is 43.0 Å². The van der Waals surface area contributed by atoms with Gasteiger partial charge in [0.25, 0.3) is 5.91 Å². The number of carbonyl (C=O) groups is 1. The normalized spacial score (nSPS) is 14.9. The first-order valence-corrected chi connectivity index (χ1v) is 10.9. The van der Waals surface area contributed by atoms with Gasteiger partial charge in [-0.15, -0.1) is 0 Å². The van der Waals surface area contributed by atoms with E-state index in [4.69, 9.17) is 14.7 Å². The van der Waals surface area contributed by atoms with E-state index in [1.807, 2.05) is 0 Å². The van der Waals surface area contributed by atoms with E-state index in [1.54, 1.807) is 12.1 Å². The van der Waals surface area contributed by atoms with Crippen LogP contribution >= 0.6 is 0 Å². The van der Waals surface area contributed by atoms with E-state index < -0.39 is 16.0 Å². The molecule has 1 aliphatic rings. The number of ether oxygens (including phenoxy) is 1. The Morgan fingerprint density at radius 2 is 1.97 bits per heavy atom. The number of rotatable bonds is 8. The lowest BCUT2D eigenvalue weighted by Gasteiger charge is -2.22. The Morgan fingerprint density at radius 3 is 2.59 bits per heavy atom. The fourth-order valence-electron chi connectivity index (χ4n) is 2.85. The van der Waals surface area contributed by atoms with Gasteiger partial charge in [0, 0.05) is 31.6 Å². The summed E-state index contributed by atoms with van der Waals surface area (Å²) in [5.74, 6) is 0.633. The maximum Gasteiger partial charge on any atom is 0.306 e. The van der Waals surface area contributed by atoms with Crippen LogP contribution < -0.4 is 20.6 Å². The zero-order valence-corrected chi connectivity index (χ0v) is 16.7. The minimum absolute atomic E-state index is 0.196. The number of aromatic nitrogens is 2. The molecule has 29 heavy (non-hydrogen) atoms. The molecule has 1 fully saturated rings. The summed E-state index contributed by atoms with van der Waals surface area (Å²) in [5, 5.41) is 6.19. The maximum absolute atomic E-state index is 11.7. The number of amides is 1. The van der Waals surface area contributed by atoms with Gasteiger partial charge in [0.1, 0.15) is 11.6 Å². The van der Waals surface area contributed by atoms with Crippen molar-refractivity contribution >= 4 is 33.5 Å². The third-order valence-corrected chi connectivity index (χ3v) is 4.81. The van der Waals surface area contributed by atoms with Gasteiger partial charge in [0.05, 0.1) is 11.8 Å². The van der Waals surface area contributed by atoms with Crippen LogP contribution in [0.25, 0.3) is 0 Å². The second kappa shape index (κ2) is 9.05. The van der Waals surface area contributed by atoms with Crippen LogP contribution in [0.5, 0.6) is 5.75 Å². The summed E-state index contributed by atoms with van der Waals surface area (Å²) in [6, 6.07) is 6.26. The quantitative estimate of drug-likeness (QED) is 0.540. The summed E-state index contributed by atoms with van der Waals surface area (Å²) in [7, 11) is -3.59. The molecular formula is C18H23N5O5S. The van der Waals surface area contributed by atoms with Crippen LogP contribution in [0.15, 0.2) is 30.5 Å². The highest BCUT2D eigenvalue weighted by molar-refractivity contribution is 7.86. The smallest absolute Gasteiger partial charge is 0.306 e. The highest BCUT2D eigenvalue weighted by Crippen LogP contribution is 2.22. The van der Waals surface area contributed by atoms with Gasteiger partial charge >= 0.3 is 10.1 Å². The molecule has 10 nitrogen and oxygen atoms in total. The van der Waals surface area contributed by atoms with Crippen molar-refractivity contribution in [2.75, 3.05) is 36.6 Å². The molecule has 2 heterocycles. The first-order chi connectivity index (χ1) is 13.8. The molecule has 4 N–H and O–H groups in total. The number of nitrogens with one attached hydrogen (secondary N) is 2. The van der Waals surface area contributed by atoms with E-state index >= 15 is 0 Å². The van der Waals surface area contributed by atoms with Crippen molar-refractivity contribution in [3.05, 3.63) is 36.0 Å². The second-order valence-electron chi connectivity index (χ2n) is 6.69.